The third-order valence-corrected chi connectivity index (χ3v) is 6.02. The second kappa shape index (κ2) is 9.26. The Kier molecular flexibility index (Phi) is 6.46. The summed E-state index contributed by atoms with van der Waals surface area (Å²) < 4.78 is 0. The summed E-state index contributed by atoms with van der Waals surface area (Å²) in [5.74, 6) is -0.617. The average molecular weight is 461 g/mol. The van der Waals surface area contributed by atoms with E-state index in [0.717, 1.165) is 5.56 Å². The first-order valence-electron chi connectivity index (χ1n) is 10.1. The van der Waals surface area contributed by atoms with Crippen LogP contribution in [0.25, 0.3) is 11.0 Å². The van der Waals surface area contributed by atoms with E-state index in [1.165, 1.54) is 6.20 Å². The number of H-pyrrole nitrogens is 1. The summed E-state index contributed by atoms with van der Waals surface area (Å²) in [7, 11) is 0. The van der Waals surface area contributed by atoms with E-state index in [1.807, 2.05) is 18.2 Å². The maximum absolute atomic E-state index is 13.3. The molecule has 0 bridgehead atoms. The largest absolute Gasteiger partial charge is 0.393 e. The highest BCUT2D eigenvalue weighted by Gasteiger charge is 2.30. The van der Waals surface area contributed by atoms with Gasteiger partial charge < -0.3 is 20.3 Å². The number of hydrogen-bond acceptors (Lipinski definition) is 4. The minimum absolute atomic E-state index is 0.197. The van der Waals surface area contributed by atoms with Gasteiger partial charge >= 0.3 is 0 Å². The van der Waals surface area contributed by atoms with Gasteiger partial charge in [-0.2, -0.15) is 0 Å². The van der Waals surface area contributed by atoms with Crippen molar-refractivity contribution in [3.8, 4) is 0 Å². The fourth-order valence-electron chi connectivity index (χ4n) is 3.74. The molecule has 2 aromatic heterocycles. The number of amides is 2. The van der Waals surface area contributed by atoms with Crippen molar-refractivity contribution in [1.82, 2.24) is 20.2 Å². The van der Waals surface area contributed by atoms with Crippen LogP contribution < -0.4 is 5.32 Å². The molecule has 7 nitrogen and oxygen atoms in total. The van der Waals surface area contributed by atoms with E-state index >= 15 is 0 Å². The molecule has 1 atom stereocenters. The first kappa shape index (κ1) is 21.6. The highest BCUT2D eigenvalue weighted by Crippen LogP contribution is 2.20. The number of carbonyl (C=O) groups excluding carboxylic acids is 2. The van der Waals surface area contributed by atoms with Gasteiger partial charge in [0.1, 0.15) is 17.4 Å². The SMILES string of the molecule is O=C(N[C@@H](Cc1ccccc1Cl)C(=O)N1CCC(O)CC1)c1cc2cc(Cl)cnc2[nH]1. The molecule has 1 fully saturated rings. The number of nitrogens with one attached hydrogen (secondary N) is 2. The lowest BCUT2D eigenvalue weighted by Gasteiger charge is -2.32. The van der Waals surface area contributed by atoms with Crippen LogP contribution >= 0.6 is 23.2 Å². The fourth-order valence-corrected chi connectivity index (χ4v) is 4.12. The van der Waals surface area contributed by atoms with Gasteiger partial charge in [0.05, 0.1) is 11.1 Å². The summed E-state index contributed by atoms with van der Waals surface area (Å²) in [6.45, 7) is 0.896. The van der Waals surface area contributed by atoms with Crippen molar-refractivity contribution < 1.29 is 14.7 Å². The number of carbonyl (C=O) groups is 2. The predicted octanol–water partition coefficient (Wildman–Crippen LogP) is 3.19. The number of nitrogens with zero attached hydrogens (tertiary/aromatic N) is 2. The van der Waals surface area contributed by atoms with Gasteiger partial charge in [0.2, 0.25) is 5.91 Å². The van der Waals surface area contributed by atoms with Gasteiger partial charge in [-0.1, -0.05) is 41.4 Å². The van der Waals surface area contributed by atoms with Crippen molar-refractivity contribution in [3.63, 3.8) is 0 Å². The third-order valence-electron chi connectivity index (χ3n) is 5.44. The van der Waals surface area contributed by atoms with E-state index < -0.39 is 18.1 Å². The first-order valence-corrected chi connectivity index (χ1v) is 10.8. The molecule has 162 valence electrons. The van der Waals surface area contributed by atoms with Crippen LogP contribution in [0.5, 0.6) is 0 Å². The van der Waals surface area contributed by atoms with Crippen LogP contribution in [0.1, 0.15) is 28.9 Å². The van der Waals surface area contributed by atoms with E-state index in [2.05, 4.69) is 15.3 Å². The molecule has 1 aromatic carbocycles. The standard InChI is InChI=1S/C22H22Cl2N4O3/c23-15-9-14-11-18(26-20(14)25-12-15)21(30)27-19(10-13-3-1-2-4-17(13)24)22(31)28-7-5-16(29)6-8-28/h1-4,9,11-12,16,19,29H,5-8,10H2,(H,25,26)(H,27,30)/t19-/m0/s1. The monoisotopic (exact) mass is 460 g/mol. The molecular weight excluding hydrogens is 439 g/mol. The molecule has 2 amide bonds. The van der Waals surface area contributed by atoms with E-state index in [9.17, 15) is 14.7 Å². The topological polar surface area (TPSA) is 98.3 Å². The molecule has 3 N–H and O–H groups in total. The summed E-state index contributed by atoms with van der Waals surface area (Å²) in [6, 6.07) is 9.81. The summed E-state index contributed by atoms with van der Waals surface area (Å²) in [6.07, 6.45) is 2.40. The van der Waals surface area contributed by atoms with Crippen LogP contribution in [0.3, 0.4) is 0 Å². The van der Waals surface area contributed by atoms with Gasteiger partial charge in [-0.3, -0.25) is 9.59 Å². The molecular formula is C22H22Cl2N4O3. The lowest BCUT2D eigenvalue weighted by atomic mass is 10.0. The normalized spacial score (nSPS) is 15.8. The number of pyridine rings is 1. The number of rotatable bonds is 5. The minimum atomic E-state index is -0.800. The van der Waals surface area contributed by atoms with Crippen molar-refractivity contribution in [2.24, 2.45) is 0 Å². The number of benzene rings is 1. The van der Waals surface area contributed by atoms with Gasteiger partial charge in [0.25, 0.3) is 5.91 Å². The maximum atomic E-state index is 13.3. The van der Waals surface area contributed by atoms with Crippen molar-refractivity contribution in [1.29, 1.82) is 0 Å². The van der Waals surface area contributed by atoms with Crippen LogP contribution in [-0.4, -0.2) is 57.0 Å². The van der Waals surface area contributed by atoms with Gasteiger partial charge in [-0.05, 0) is 36.6 Å². The zero-order valence-electron chi connectivity index (χ0n) is 16.6. The van der Waals surface area contributed by atoms with Crippen LogP contribution in [0, 0.1) is 0 Å². The molecule has 1 aliphatic heterocycles. The van der Waals surface area contributed by atoms with E-state index in [0.29, 0.717) is 47.0 Å². The zero-order chi connectivity index (χ0) is 22.0. The number of fused-ring (bicyclic) bond motifs is 1. The number of likely N-dealkylation sites (tertiary alicyclic amines) is 1. The Bertz CT molecular complexity index is 1110. The number of aliphatic hydroxyl groups is 1. The van der Waals surface area contributed by atoms with Crippen LogP contribution in [0.15, 0.2) is 42.6 Å². The molecule has 4 rings (SSSR count). The summed E-state index contributed by atoms with van der Waals surface area (Å²) >= 11 is 12.3. The maximum Gasteiger partial charge on any atom is 0.268 e. The Morgan fingerprint density at radius 2 is 1.97 bits per heavy atom. The molecule has 3 heterocycles. The second-order valence-corrected chi connectivity index (χ2v) is 8.50. The highest BCUT2D eigenvalue weighted by molar-refractivity contribution is 6.31. The zero-order valence-corrected chi connectivity index (χ0v) is 18.2. The molecule has 0 spiro atoms. The van der Waals surface area contributed by atoms with Gasteiger partial charge in [-0.25, -0.2) is 4.98 Å². The number of aromatic nitrogens is 2. The quantitative estimate of drug-likeness (QED) is 0.544. The Labute approximate surface area is 189 Å². The third kappa shape index (κ3) is 5.01. The lowest BCUT2D eigenvalue weighted by molar-refractivity contribution is -0.135. The van der Waals surface area contributed by atoms with Crippen LogP contribution in [0.4, 0.5) is 0 Å². The van der Waals surface area contributed by atoms with Crippen molar-refractivity contribution in [2.75, 3.05) is 13.1 Å². The van der Waals surface area contributed by atoms with E-state index in [4.69, 9.17) is 23.2 Å². The lowest BCUT2D eigenvalue weighted by Crippen LogP contribution is -2.52. The summed E-state index contributed by atoms with van der Waals surface area (Å²) in [5.41, 5.74) is 1.59. The smallest absolute Gasteiger partial charge is 0.268 e. The second-order valence-electron chi connectivity index (χ2n) is 7.65. The Hall–Kier alpha value is -2.61. The predicted molar refractivity (Wildman–Crippen MR) is 119 cm³/mol. The van der Waals surface area contributed by atoms with Crippen molar-refractivity contribution in [2.45, 2.75) is 31.4 Å². The fraction of sp³-hybridized carbons (Fsp3) is 0.318. The molecule has 1 saturated heterocycles. The molecule has 0 unspecified atom stereocenters. The van der Waals surface area contributed by atoms with Gasteiger partial charge in [0.15, 0.2) is 0 Å². The molecule has 3 aromatic rings. The summed E-state index contributed by atoms with van der Waals surface area (Å²) in [4.78, 5) is 35.0. The van der Waals surface area contributed by atoms with Gasteiger partial charge in [-0.15, -0.1) is 0 Å². The number of aliphatic hydroxyl groups excluding tert-OH is 1. The van der Waals surface area contributed by atoms with Crippen LogP contribution in [0.2, 0.25) is 10.0 Å². The van der Waals surface area contributed by atoms with Crippen LogP contribution in [-0.2, 0) is 11.2 Å². The minimum Gasteiger partial charge on any atom is -0.393 e. The molecule has 31 heavy (non-hydrogen) atoms. The average Bonchev–Trinajstić information content (AvgIpc) is 3.18. The Morgan fingerprint density at radius 3 is 2.71 bits per heavy atom. The van der Waals surface area contributed by atoms with Crippen molar-refractivity contribution in [3.05, 3.63) is 63.9 Å². The number of hydrogen-bond donors (Lipinski definition) is 3. The molecule has 0 saturated carbocycles. The van der Waals surface area contributed by atoms with E-state index in [-0.39, 0.29) is 18.0 Å². The van der Waals surface area contributed by atoms with Gasteiger partial charge in [0, 0.05) is 36.1 Å². The summed E-state index contributed by atoms with van der Waals surface area (Å²) in [5, 5.41) is 14.3. The molecule has 9 heteroatoms. The van der Waals surface area contributed by atoms with E-state index in [1.54, 1.807) is 23.1 Å². The number of halogens is 2. The van der Waals surface area contributed by atoms with Crippen molar-refractivity contribution >= 4 is 46.0 Å². The Morgan fingerprint density at radius 1 is 1.23 bits per heavy atom. The highest BCUT2D eigenvalue weighted by atomic mass is 35.5. The molecule has 1 aliphatic rings. The number of aromatic amines is 1. The molecule has 0 radical (unpaired) electrons. The Balaban J connectivity index is 1.57. The molecule has 0 aliphatic carbocycles. The first-order chi connectivity index (χ1) is 14.9. The number of piperidine rings is 1.